The monoisotopic (exact) mass is 345 g/mol. The summed E-state index contributed by atoms with van der Waals surface area (Å²) in [5, 5.41) is 0. The van der Waals surface area contributed by atoms with E-state index in [0.29, 0.717) is 0 Å². The van der Waals surface area contributed by atoms with Crippen LogP contribution in [0.5, 0.6) is 0 Å². The second-order valence-corrected chi connectivity index (χ2v) is 6.31. The molecule has 0 N–H and O–H groups in total. The normalized spacial score (nSPS) is 16.2. The average molecular weight is 346 g/mol. The number of benzene rings is 1. The maximum Gasteiger partial charge on any atom is 0.143 e. The predicted octanol–water partition coefficient (Wildman–Crippen LogP) is 3.47. The second-order valence-electron chi connectivity index (χ2n) is 5.51. The molecule has 0 atom stereocenters. The van der Waals surface area contributed by atoms with E-state index in [-0.39, 0.29) is 0 Å². The van der Waals surface area contributed by atoms with Crippen LogP contribution < -0.4 is 4.90 Å². The van der Waals surface area contributed by atoms with Crippen LogP contribution in [0.2, 0.25) is 0 Å². The van der Waals surface area contributed by atoms with E-state index < -0.39 is 0 Å². The first-order chi connectivity index (χ1) is 10.2. The van der Waals surface area contributed by atoms with Gasteiger partial charge in [-0.2, -0.15) is 0 Å². The summed E-state index contributed by atoms with van der Waals surface area (Å²) in [4.78, 5) is 9.42. The average Bonchev–Trinajstić information content (AvgIpc) is 2.52. The van der Waals surface area contributed by atoms with E-state index in [4.69, 9.17) is 0 Å². The lowest BCUT2D eigenvalue weighted by molar-refractivity contribution is 0.249. The van der Waals surface area contributed by atoms with Gasteiger partial charge >= 0.3 is 0 Å². The van der Waals surface area contributed by atoms with Gasteiger partial charge < -0.3 is 4.90 Å². The highest BCUT2D eigenvalue weighted by atomic mass is 79.9. The summed E-state index contributed by atoms with van der Waals surface area (Å²) in [6.45, 7) is 7.37. The van der Waals surface area contributed by atoms with Gasteiger partial charge in [0.2, 0.25) is 0 Å². The van der Waals surface area contributed by atoms with Crippen LogP contribution >= 0.6 is 15.9 Å². The largest absolute Gasteiger partial charge is 0.353 e. The molecule has 3 nitrogen and oxygen atoms in total. The molecule has 1 saturated heterocycles. The number of aryl methyl sites for hydroxylation is 1. The first kappa shape index (κ1) is 14.5. The maximum absolute atomic E-state index is 4.53. The maximum atomic E-state index is 4.53. The Bertz CT molecular complexity index is 592. The van der Waals surface area contributed by atoms with Gasteiger partial charge in [-0.1, -0.05) is 30.3 Å². The number of hydrogen-bond acceptors (Lipinski definition) is 3. The van der Waals surface area contributed by atoms with Crippen LogP contribution in [0.25, 0.3) is 0 Å². The molecule has 0 saturated carbocycles. The smallest absolute Gasteiger partial charge is 0.143 e. The third kappa shape index (κ3) is 3.44. The van der Waals surface area contributed by atoms with E-state index in [1.807, 2.05) is 12.3 Å². The number of halogens is 1. The highest BCUT2D eigenvalue weighted by Gasteiger charge is 2.20. The molecule has 1 aliphatic heterocycles. The van der Waals surface area contributed by atoms with Crippen LogP contribution in [-0.2, 0) is 6.54 Å². The molecular weight excluding hydrogens is 326 g/mol. The zero-order valence-corrected chi connectivity index (χ0v) is 13.9. The van der Waals surface area contributed by atoms with E-state index in [2.05, 4.69) is 68.0 Å². The summed E-state index contributed by atoms with van der Waals surface area (Å²) in [6, 6.07) is 12.7. The van der Waals surface area contributed by atoms with Gasteiger partial charge in [0.05, 0.1) is 4.47 Å². The van der Waals surface area contributed by atoms with E-state index in [0.717, 1.165) is 43.0 Å². The zero-order chi connectivity index (χ0) is 14.7. The summed E-state index contributed by atoms with van der Waals surface area (Å²) in [6.07, 6.45) is 1.89. The Morgan fingerprint density at radius 3 is 2.48 bits per heavy atom. The Hall–Kier alpha value is -1.39. The van der Waals surface area contributed by atoms with Crippen molar-refractivity contribution >= 4 is 21.7 Å². The molecule has 0 radical (unpaired) electrons. The van der Waals surface area contributed by atoms with Crippen molar-refractivity contribution in [3.63, 3.8) is 0 Å². The fraction of sp³-hybridized carbons (Fsp3) is 0.353. The van der Waals surface area contributed by atoms with Crippen molar-refractivity contribution in [1.29, 1.82) is 0 Å². The number of aromatic nitrogens is 1. The van der Waals surface area contributed by atoms with Crippen LogP contribution in [-0.4, -0.2) is 36.1 Å². The molecule has 4 heteroatoms. The van der Waals surface area contributed by atoms with Gasteiger partial charge in [-0.3, -0.25) is 4.90 Å². The van der Waals surface area contributed by atoms with Gasteiger partial charge in [-0.15, -0.1) is 0 Å². The number of pyridine rings is 1. The van der Waals surface area contributed by atoms with Gasteiger partial charge in [0.1, 0.15) is 5.82 Å². The molecule has 2 heterocycles. The van der Waals surface area contributed by atoms with Gasteiger partial charge in [0, 0.05) is 38.9 Å². The van der Waals surface area contributed by atoms with Crippen molar-refractivity contribution in [2.24, 2.45) is 0 Å². The predicted molar refractivity (Wildman–Crippen MR) is 90.6 cm³/mol. The molecule has 110 valence electrons. The van der Waals surface area contributed by atoms with Gasteiger partial charge in [-0.25, -0.2) is 4.98 Å². The Kier molecular flexibility index (Phi) is 4.56. The molecule has 1 aliphatic rings. The zero-order valence-electron chi connectivity index (χ0n) is 12.3. The van der Waals surface area contributed by atoms with Crippen molar-refractivity contribution in [2.75, 3.05) is 31.1 Å². The summed E-state index contributed by atoms with van der Waals surface area (Å²) in [5.41, 5.74) is 2.63. The van der Waals surface area contributed by atoms with E-state index in [9.17, 15) is 0 Å². The minimum Gasteiger partial charge on any atom is -0.353 e. The van der Waals surface area contributed by atoms with Gasteiger partial charge in [-0.05, 0) is 40.0 Å². The number of piperazine rings is 1. The third-order valence-corrected chi connectivity index (χ3v) is 4.96. The van der Waals surface area contributed by atoms with Crippen molar-refractivity contribution in [3.05, 3.63) is 58.2 Å². The molecule has 0 bridgehead atoms. The topological polar surface area (TPSA) is 19.4 Å². The number of rotatable bonds is 3. The molecule has 1 fully saturated rings. The third-order valence-electron chi connectivity index (χ3n) is 3.98. The minimum atomic E-state index is 1.03. The molecular formula is C17H20BrN3. The van der Waals surface area contributed by atoms with Crippen LogP contribution in [0.4, 0.5) is 5.82 Å². The fourth-order valence-corrected chi connectivity index (χ4v) is 3.19. The Balaban J connectivity index is 1.61. The van der Waals surface area contributed by atoms with E-state index in [1.165, 1.54) is 11.1 Å². The molecule has 21 heavy (non-hydrogen) atoms. The van der Waals surface area contributed by atoms with Crippen LogP contribution in [0, 0.1) is 6.92 Å². The molecule has 0 unspecified atom stereocenters. The molecule has 2 aromatic rings. The lowest BCUT2D eigenvalue weighted by atomic mass is 10.2. The van der Waals surface area contributed by atoms with E-state index in [1.54, 1.807) is 0 Å². The number of nitrogens with zero attached hydrogens (tertiary/aromatic N) is 3. The lowest BCUT2D eigenvalue weighted by Gasteiger charge is -2.36. The highest BCUT2D eigenvalue weighted by molar-refractivity contribution is 9.10. The minimum absolute atomic E-state index is 1.03. The number of hydrogen-bond donors (Lipinski definition) is 0. The van der Waals surface area contributed by atoms with Crippen molar-refractivity contribution in [2.45, 2.75) is 13.5 Å². The molecule has 1 aromatic carbocycles. The lowest BCUT2D eigenvalue weighted by Crippen LogP contribution is -2.46. The molecule has 3 rings (SSSR count). The van der Waals surface area contributed by atoms with Gasteiger partial charge in [0.25, 0.3) is 0 Å². The quantitative estimate of drug-likeness (QED) is 0.848. The van der Waals surface area contributed by atoms with Gasteiger partial charge in [0.15, 0.2) is 0 Å². The number of anilines is 1. The molecule has 0 spiro atoms. The fourth-order valence-electron chi connectivity index (χ4n) is 2.71. The van der Waals surface area contributed by atoms with Crippen molar-refractivity contribution < 1.29 is 0 Å². The summed E-state index contributed by atoms with van der Waals surface area (Å²) < 4.78 is 1.13. The Morgan fingerprint density at radius 2 is 1.76 bits per heavy atom. The van der Waals surface area contributed by atoms with Crippen molar-refractivity contribution in [3.8, 4) is 0 Å². The Morgan fingerprint density at radius 1 is 1.05 bits per heavy atom. The Labute approximate surface area is 134 Å². The van der Waals surface area contributed by atoms with Crippen LogP contribution in [0.15, 0.2) is 47.1 Å². The molecule has 1 aromatic heterocycles. The van der Waals surface area contributed by atoms with Crippen molar-refractivity contribution in [1.82, 2.24) is 9.88 Å². The molecule has 0 aliphatic carbocycles. The summed E-state index contributed by atoms with van der Waals surface area (Å²) >= 11 is 3.67. The summed E-state index contributed by atoms with van der Waals surface area (Å²) in [5.74, 6) is 1.08. The first-order valence-electron chi connectivity index (χ1n) is 7.36. The molecule has 0 amide bonds. The first-order valence-corrected chi connectivity index (χ1v) is 8.15. The van der Waals surface area contributed by atoms with Crippen LogP contribution in [0.3, 0.4) is 0 Å². The van der Waals surface area contributed by atoms with E-state index >= 15 is 0 Å². The summed E-state index contributed by atoms with van der Waals surface area (Å²) in [7, 11) is 0. The standard InChI is InChI=1S/C17H20BrN3/c1-14-7-8-19-17(16(14)18)21-11-9-20(10-12-21)13-15-5-3-2-4-6-15/h2-8H,9-13H2,1H3. The second kappa shape index (κ2) is 6.58. The highest BCUT2D eigenvalue weighted by Crippen LogP contribution is 2.27. The SMILES string of the molecule is Cc1ccnc(N2CCN(Cc3ccccc3)CC2)c1Br. The van der Waals surface area contributed by atoms with Crippen LogP contribution in [0.1, 0.15) is 11.1 Å².